The maximum atomic E-state index is 13.3. The molecule has 1 saturated heterocycles. The van der Waals surface area contributed by atoms with Crippen LogP contribution in [0.5, 0.6) is 0 Å². The molecule has 3 rings (SSSR count). The van der Waals surface area contributed by atoms with Crippen LogP contribution in [0.1, 0.15) is 65.7 Å². The third kappa shape index (κ3) is 5.97. The molecule has 2 N–H and O–H groups in total. The Kier molecular flexibility index (Phi) is 7.21. The number of carbonyl (C=O) groups is 3. The van der Waals surface area contributed by atoms with Gasteiger partial charge in [0, 0.05) is 18.0 Å². The van der Waals surface area contributed by atoms with Gasteiger partial charge in [0.05, 0.1) is 6.04 Å². The fourth-order valence-electron chi connectivity index (χ4n) is 4.29. The molecule has 31 heavy (non-hydrogen) atoms. The molecule has 1 saturated carbocycles. The number of nitrogens with one attached hydrogen (secondary N) is 2. The van der Waals surface area contributed by atoms with Crippen molar-refractivity contribution in [2.75, 3.05) is 6.54 Å². The third-order valence-corrected chi connectivity index (χ3v) is 5.89. The van der Waals surface area contributed by atoms with Gasteiger partial charge in [0.15, 0.2) is 0 Å². The van der Waals surface area contributed by atoms with Crippen LogP contribution in [0.2, 0.25) is 0 Å². The van der Waals surface area contributed by atoms with Gasteiger partial charge in [0.25, 0.3) is 0 Å². The summed E-state index contributed by atoms with van der Waals surface area (Å²) in [7, 11) is 0. The first-order valence-corrected chi connectivity index (χ1v) is 11.2. The molecule has 0 bridgehead atoms. The Morgan fingerprint density at radius 2 is 1.97 bits per heavy atom. The van der Waals surface area contributed by atoms with Gasteiger partial charge in [-0.3, -0.25) is 9.59 Å². The molecule has 2 aliphatic heterocycles. The lowest BCUT2D eigenvalue weighted by atomic mass is 10.0. The number of nitrogens with zero attached hydrogens (tertiary/aromatic N) is 1. The number of carbonyl (C=O) groups excluding carboxylic acids is 4. The fourth-order valence-corrected chi connectivity index (χ4v) is 4.29. The van der Waals surface area contributed by atoms with Crippen LogP contribution in [0.25, 0.3) is 0 Å². The summed E-state index contributed by atoms with van der Waals surface area (Å²) in [6.07, 6.45) is 8.63. The van der Waals surface area contributed by atoms with Crippen molar-refractivity contribution in [2.45, 2.75) is 89.4 Å². The van der Waals surface area contributed by atoms with E-state index in [1.54, 1.807) is 25.7 Å². The van der Waals surface area contributed by atoms with Gasteiger partial charge in [-0.2, -0.15) is 0 Å². The molecule has 0 radical (unpaired) electrons. The third-order valence-electron chi connectivity index (χ3n) is 5.89. The second-order valence-corrected chi connectivity index (χ2v) is 9.52. The first-order chi connectivity index (χ1) is 14.7. The summed E-state index contributed by atoms with van der Waals surface area (Å²) in [6, 6.07) is -1.67. The summed E-state index contributed by atoms with van der Waals surface area (Å²) in [6.45, 7) is 5.78. The number of ether oxygens (including phenoxy) is 1. The zero-order chi connectivity index (χ0) is 22.6. The second-order valence-electron chi connectivity index (χ2n) is 9.52. The summed E-state index contributed by atoms with van der Waals surface area (Å²) in [5.41, 5.74) is -0.114. The normalized spacial score (nSPS) is 30.7. The summed E-state index contributed by atoms with van der Waals surface area (Å²) < 4.78 is 5.34. The molecule has 0 aromatic heterocycles. The SMILES string of the molecule is CC(C)(C)OC(=O)NC1CCCCC/C=C\C2C(=C=O)C2NC(=O)C2CCCN2C1=O. The van der Waals surface area contributed by atoms with Gasteiger partial charge < -0.3 is 20.3 Å². The molecule has 3 aliphatic rings. The summed E-state index contributed by atoms with van der Waals surface area (Å²) >= 11 is 0. The van der Waals surface area contributed by atoms with Crippen molar-refractivity contribution in [1.29, 1.82) is 0 Å². The van der Waals surface area contributed by atoms with Crippen LogP contribution in [0.15, 0.2) is 17.7 Å². The van der Waals surface area contributed by atoms with Crippen LogP contribution in [0, 0.1) is 5.92 Å². The van der Waals surface area contributed by atoms with Crippen LogP contribution in [0.3, 0.4) is 0 Å². The molecule has 2 heterocycles. The molecule has 0 aromatic rings. The van der Waals surface area contributed by atoms with Gasteiger partial charge in [-0.25, -0.2) is 9.59 Å². The highest BCUT2D eigenvalue weighted by Crippen LogP contribution is 2.38. The quantitative estimate of drug-likeness (QED) is 0.489. The van der Waals surface area contributed by atoms with E-state index >= 15 is 0 Å². The minimum absolute atomic E-state index is 0.0984. The topological polar surface area (TPSA) is 105 Å². The molecule has 1 aliphatic carbocycles. The molecule has 0 aromatic carbocycles. The van der Waals surface area contributed by atoms with E-state index in [1.165, 1.54) is 0 Å². The van der Waals surface area contributed by atoms with Gasteiger partial charge in [-0.15, -0.1) is 0 Å². The van der Waals surface area contributed by atoms with Crippen molar-refractivity contribution in [3.05, 3.63) is 17.7 Å². The van der Waals surface area contributed by atoms with E-state index in [0.717, 1.165) is 25.7 Å². The maximum Gasteiger partial charge on any atom is 0.408 e. The smallest absolute Gasteiger partial charge is 0.408 e. The summed E-state index contributed by atoms with van der Waals surface area (Å²) in [5, 5.41) is 5.63. The fraction of sp³-hybridized carbons (Fsp3) is 0.696. The molecule has 2 fully saturated rings. The van der Waals surface area contributed by atoms with Gasteiger partial charge in [0.2, 0.25) is 11.8 Å². The Hall–Kier alpha value is -2.60. The molecule has 4 unspecified atom stereocenters. The van der Waals surface area contributed by atoms with E-state index in [9.17, 15) is 19.2 Å². The summed E-state index contributed by atoms with van der Waals surface area (Å²) in [5.74, 6) is 1.33. The molecule has 4 atom stereocenters. The second kappa shape index (κ2) is 9.69. The predicted molar refractivity (Wildman–Crippen MR) is 115 cm³/mol. The van der Waals surface area contributed by atoms with Gasteiger partial charge >= 0.3 is 6.09 Å². The Morgan fingerprint density at radius 1 is 1.19 bits per heavy atom. The molecule has 8 nitrogen and oxygen atoms in total. The lowest BCUT2D eigenvalue weighted by Gasteiger charge is -2.29. The van der Waals surface area contributed by atoms with Gasteiger partial charge in [0.1, 0.15) is 23.6 Å². The van der Waals surface area contributed by atoms with Crippen molar-refractivity contribution in [3.8, 4) is 0 Å². The zero-order valence-electron chi connectivity index (χ0n) is 18.6. The monoisotopic (exact) mass is 431 g/mol. The number of rotatable bonds is 1. The number of hydrogen-bond acceptors (Lipinski definition) is 5. The van der Waals surface area contributed by atoms with E-state index < -0.39 is 23.8 Å². The Bertz CT molecular complexity index is 794. The van der Waals surface area contributed by atoms with E-state index in [2.05, 4.69) is 10.6 Å². The van der Waals surface area contributed by atoms with Crippen LogP contribution in [0.4, 0.5) is 4.79 Å². The Morgan fingerprint density at radius 3 is 2.68 bits per heavy atom. The van der Waals surface area contributed by atoms with E-state index in [1.807, 2.05) is 18.1 Å². The van der Waals surface area contributed by atoms with Crippen molar-refractivity contribution in [3.63, 3.8) is 0 Å². The summed E-state index contributed by atoms with van der Waals surface area (Å²) in [4.78, 5) is 51.3. The molecular formula is C23H33N3O5. The lowest BCUT2D eigenvalue weighted by molar-refractivity contribution is -0.140. The Balaban J connectivity index is 1.76. The number of fused-ring (bicyclic) bond motifs is 2. The molecular weight excluding hydrogens is 398 g/mol. The minimum Gasteiger partial charge on any atom is -0.444 e. The van der Waals surface area contributed by atoms with Crippen LogP contribution < -0.4 is 10.6 Å². The largest absolute Gasteiger partial charge is 0.444 e. The van der Waals surface area contributed by atoms with Gasteiger partial charge in [-0.05, 0) is 52.9 Å². The highest BCUT2D eigenvalue weighted by molar-refractivity contribution is 5.92. The van der Waals surface area contributed by atoms with Crippen molar-refractivity contribution >= 4 is 23.8 Å². The molecule has 170 valence electrons. The molecule has 3 amide bonds. The van der Waals surface area contributed by atoms with E-state index in [4.69, 9.17) is 4.74 Å². The average Bonchev–Trinajstić information content (AvgIpc) is 3.09. The highest BCUT2D eigenvalue weighted by atomic mass is 16.6. The average molecular weight is 432 g/mol. The lowest BCUT2D eigenvalue weighted by Crippen LogP contribution is -2.54. The van der Waals surface area contributed by atoms with Gasteiger partial charge in [-0.1, -0.05) is 25.0 Å². The van der Waals surface area contributed by atoms with E-state index in [0.29, 0.717) is 31.4 Å². The Labute approximate surface area is 183 Å². The predicted octanol–water partition coefficient (Wildman–Crippen LogP) is 2.26. The number of hydrogen-bond donors (Lipinski definition) is 2. The number of amides is 3. The number of alkyl carbamates (subject to hydrolysis) is 1. The van der Waals surface area contributed by atoms with Crippen molar-refractivity contribution in [2.24, 2.45) is 5.92 Å². The maximum absolute atomic E-state index is 13.3. The first-order valence-electron chi connectivity index (χ1n) is 11.2. The molecule has 0 spiro atoms. The van der Waals surface area contributed by atoms with E-state index in [-0.39, 0.29) is 23.8 Å². The highest BCUT2D eigenvalue weighted by Gasteiger charge is 2.47. The zero-order valence-corrected chi connectivity index (χ0v) is 18.6. The van der Waals surface area contributed by atoms with Crippen molar-refractivity contribution < 1.29 is 23.9 Å². The van der Waals surface area contributed by atoms with Crippen molar-refractivity contribution in [1.82, 2.24) is 15.5 Å². The van der Waals surface area contributed by atoms with Crippen LogP contribution in [-0.4, -0.2) is 59.0 Å². The first kappa shape index (κ1) is 23.1. The standard InChI is InChI=1S/C23H33N3O5/c1-23(2,3)31-22(30)24-17-11-8-6-4-5-7-10-15-16(14-27)19(15)25-20(28)18-12-9-13-26(18)21(17)29/h7,10,15,17-19H,4-6,8-9,11-13H2,1-3H3,(H,24,30)(H,25,28)/b10-7-. The van der Waals surface area contributed by atoms with Crippen LogP contribution >= 0.6 is 0 Å². The molecule has 8 heteroatoms. The number of allylic oxidation sites excluding steroid dienone is 1. The minimum atomic E-state index is -0.733. The van der Waals surface area contributed by atoms with Crippen LogP contribution in [-0.2, 0) is 19.1 Å².